The fraction of sp³-hybridized carbons (Fsp3) is 0.250. The van der Waals surface area contributed by atoms with Crippen LogP contribution in [0.15, 0.2) is 24.4 Å². The van der Waals surface area contributed by atoms with Crippen LogP contribution in [0.2, 0.25) is 0 Å². The van der Waals surface area contributed by atoms with Crippen molar-refractivity contribution in [1.29, 1.82) is 0 Å². The Bertz CT molecular complexity index is 712. The monoisotopic (exact) mass is 261 g/mol. The lowest BCUT2D eigenvalue weighted by Gasteiger charge is -2.02. The SMILES string of the molecule is Cc1ccc2nc(CCl)n(-c3ccn(C)n3)c2n1. The molecule has 92 valence electrons. The highest BCUT2D eigenvalue weighted by Gasteiger charge is 2.14. The van der Waals surface area contributed by atoms with Crippen LogP contribution in [0.3, 0.4) is 0 Å². The third kappa shape index (κ3) is 1.67. The Balaban J connectivity index is 2.34. The van der Waals surface area contributed by atoms with Crippen molar-refractivity contribution in [2.45, 2.75) is 12.8 Å². The van der Waals surface area contributed by atoms with Crippen molar-refractivity contribution >= 4 is 22.8 Å². The maximum absolute atomic E-state index is 5.95. The molecule has 0 aliphatic carbocycles. The molecule has 18 heavy (non-hydrogen) atoms. The Morgan fingerprint density at radius 2 is 2.06 bits per heavy atom. The van der Waals surface area contributed by atoms with Crippen molar-refractivity contribution in [3.8, 4) is 5.82 Å². The molecular formula is C12H12ClN5. The normalized spacial score (nSPS) is 11.3. The molecule has 3 aromatic rings. The van der Waals surface area contributed by atoms with Gasteiger partial charge in [-0.15, -0.1) is 11.6 Å². The first-order chi connectivity index (χ1) is 8.69. The second kappa shape index (κ2) is 4.10. The van der Waals surface area contributed by atoms with Gasteiger partial charge < -0.3 is 0 Å². The zero-order valence-corrected chi connectivity index (χ0v) is 10.9. The summed E-state index contributed by atoms with van der Waals surface area (Å²) in [5, 5.41) is 4.38. The molecule has 3 rings (SSSR count). The summed E-state index contributed by atoms with van der Waals surface area (Å²) in [5.74, 6) is 1.86. The molecule has 0 saturated carbocycles. The van der Waals surface area contributed by atoms with Crippen LogP contribution in [-0.2, 0) is 12.9 Å². The number of halogens is 1. The van der Waals surface area contributed by atoms with E-state index in [-0.39, 0.29) is 0 Å². The first-order valence-corrected chi connectivity index (χ1v) is 6.13. The summed E-state index contributed by atoms with van der Waals surface area (Å²) in [5.41, 5.74) is 2.58. The second-order valence-electron chi connectivity index (χ2n) is 4.14. The Morgan fingerprint density at radius 1 is 1.22 bits per heavy atom. The smallest absolute Gasteiger partial charge is 0.166 e. The average Bonchev–Trinajstić information content (AvgIpc) is 2.91. The molecule has 6 heteroatoms. The van der Waals surface area contributed by atoms with Gasteiger partial charge in [-0.2, -0.15) is 5.10 Å². The molecule has 0 atom stereocenters. The van der Waals surface area contributed by atoms with E-state index in [4.69, 9.17) is 11.6 Å². The molecule has 0 saturated heterocycles. The summed E-state index contributed by atoms with van der Waals surface area (Å²) < 4.78 is 3.64. The maximum atomic E-state index is 5.95. The number of imidazole rings is 1. The van der Waals surface area contributed by atoms with Gasteiger partial charge in [0.1, 0.15) is 11.3 Å². The van der Waals surface area contributed by atoms with Gasteiger partial charge in [0, 0.05) is 25.0 Å². The first-order valence-electron chi connectivity index (χ1n) is 5.60. The Morgan fingerprint density at radius 3 is 2.72 bits per heavy atom. The number of hydrogen-bond donors (Lipinski definition) is 0. The molecule has 0 spiro atoms. The van der Waals surface area contributed by atoms with E-state index in [0.29, 0.717) is 5.88 Å². The Labute approximate surface area is 109 Å². The zero-order chi connectivity index (χ0) is 12.7. The number of pyridine rings is 1. The number of aryl methyl sites for hydroxylation is 2. The third-order valence-corrected chi connectivity index (χ3v) is 3.00. The van der Waals surface area contributed by atoms with Crippen molar-refractivity contribution in [2.24, 2.45) is 7.05 Å². The van der Waals surface area contributed by atoms with Crippen LogP contribution in [0, 0.1) is 6.92 Å². The highest BCUT2D eigenvalue weighted by atomic mass is 35.5. The molecular weight excluding hydrogens is 250 g/mol. The van der Waals surface area contributed by atoms with E-state index in [0.717, 1.165) is 28.5 Å². The van der Waals surface area contributed by atoms with Crippen molar-refractivity contribution in [1.82, 2.24) is 24.3 Å². The van der Waals surface area contributed by atoms with Crippen LogP contribution in [0.25, 0.3) is 17.0 Å². The zero-order valence-electron chi connectivity index (χ0n) is 10.1. The van der Waals surface area contributed by atoms with Crippen molar-refractivity contribution < 1.29 is 0 Å². The molecule has 3 heterocycles. The van der Waals surface area contributed by atoms with Crippen LogP contribution in [0.1, 0.15) is 11.5 Å². The second-order valence-corrected chi connectivity index (χ2v) is 4.41. The van der Waals surface area contributed by atoms with E-state index in [1.807, 2.05) is 42.9 Å². The average molecular weight is 262 g/mol. The molecule has 5 nitrogen and oxygen atoms in total. The molecule has 0 amide bonds. The first kappa shape index (κ1) is 11.2. The number of aromatic nitrogens is 5. The van der Waals surface area contributed by atoms with Gasteiger partial charge >= 0.3 is 0 Å². The van der Waals surface area contributed by atoms with Gasteiger partial charge in [0.2, 0.25) is 0 Å². The van der Waals surface area contributed by atoms with Gasteiger partial charge in [0.05, 0.1) is 5.88 Å². The summed E-state index contributed by atoms with van der Waals surface area (Å²) in [6.45, 7) is 1.95. The van der Waals surface area contributed by atoms with Crippen LogP contribution < -0.4 is 0 Å². The van der Waals surface area contributed by atoms with Gasteiger partial charge in [-0.3, -0.25) is 9.25 Å². The Hall–Kier alpha value is -1.88. The van der Waals surface area contributed by atoms with Crippen molar-refractivity contribution in [2.75, 3.05) is 0 Å². The lowest BCUT2D eigenvalue weighted by atomic mass is 10.3. The maximum Gasteiger partial charge on any atom is 0.166 e. The van der Waals surface area contributed by atoms with Crippen LogP contribution in [-0.4, -0.2) is 24.3 Å². The van der Waals surface area contributed by atoms with E-state index < -0.39 is 0 Å². The summed E-state index contributed by atoms with van der Waals surface area (Å²) in [6, 6.07) is 5.81. The number of hydrogen-bond acceptors (Lipinski definition) is 3. The van der Waals surface area contributed by atoms with E-state index in [1.165, 1.54) is 0 Å². The van der Waals surface area contributed by atoms with Gasteiger partial charge in [-0.1, -0.05) is 0 Å². The topological polar surface area (TPSA) is 48.5 Å². The van der Waals surface area contributed by atoms with Crippen LogP contribution in [0.5, 0.6) is 0 Å². The van der Waals surface area contributed by atoms with E-state index in [2.05, 4.69) is 15.1 Å². The van der Waals surface area contributed by atoms with E-state index >= 15 is 0 Å². The molecule has 0 N–H and O–H groups in total. The standard InChI is InChI=1S/C12H12ClN5/c1-8-3-4-9-12(14-8)18(11(7-13)15-9)10-5-6-17(2)16-10/h3-6H,7H2,1-2H3. The fourth-order valence-corrected chi connectivity index (χ4v) is 2.13. The molecule has 0 fully saturated rings. The molecule has 0 aliphatic rings. The summed E-state index contributed by atoms with van der Waals surface area (Å²) in [6.07, 6.45) is 1.88. The Kier molecular flexibility index (Phi) is 2.56. The minimum atomic E-state index is 0.325. The lowest BCUT2D eigenvalue weighted by molar-refractivity contribution is 0.748. The summed E-state index contributed by atoms with van der Waals surface area (Å²) in [4.78, 5) is 9.00. The largest absolute Gasteiger partial charge is 0.274 e. The minimum Gasteiger partial charge on any atom is -0.274 e. The number of rotatable bonds is 2. The van der Waals surface area contributed by atoms with Crippen LogP contribution in [0.4, 0.5) is 0 Å². The molecule has 0 aromatic carbocycles. The third-order valence-electron chi connectivity index (χ3n) is 2.76. The van der Waals surface area contributed by atoms with Gasteiger partial charge in [0.25, 0.3) is 0 Å². The number of nitrogens with zero attached hydrogens (tertiary/aromatic N) is 5. The molecule has 0 aliphatic heterocycles. The lowest BCUT2D eigenvalue weighted by Crippen LogP contribution is -2.02. The van der Waals surface area contributed by atoms with Crippen LogP contribution >= 0.6 is 11.6 Å². The molecule has 0 bridgehead atoms. The van der Waals surface area contributed by atoms with Gasteiger partial charge in [-0.25, -0.2) is 9.97 Å². The molecule has 3 aromatic heterocycles. The van der Waals surface area contributed by atoms with Gasteiger partial charge in [-0.05, 0) is 19.1 Å². The van der Waals surface area contributed by atoms with E-state index in [1.54, 1.807) is 4.68 Å². The summed E-state index contributed by atoms with van der Waals surface area (Å²) in [7, 11) is 1.88. The van der Waals surface area contributed by atoms with E-state index in [9.17, 15) is 0 Å². The minimum absolute atomic E-state index is 0.325. The molecule has 0 unspecified atom stereocenters. The molecule has 0 radical (unpaired) electrons. The highest BCUT2D eigenvalue weighted by molar-refractivity contribution is 6.16. The quantitative estimate of drug-likeness (QED) is 0.665. The van der Waals surface area contributed by atoms with Gasteiger partial charge in [0.15, 0.2) is 11.5 Å². The van der Waals surface area contributed by atoms with Crippen molar-refractivity contribution in [3.63, 3.8) is 0 Å². The predicted octanol–water partition coefficient (Wildman–Crippen LogP) is 2.20. The van der Waals surface area contributed by atoms with Crippen molar-refractivity contribution in [3.05, 3.63) is 35.9 Å². The predicted molar refractivity (Wildman–Crippen MR) is 69.9 cm³/mol. The number of fused-ring (bicyclic) bond motifs is 1. The number of alkyl halides is 1. The fourth-order valence-electron chi connectivity index (χ4n) is 1.95. The highest BCUT2D eigenvalue weighted by Crippen LogP contribution is 2.20. The summed E-state index contributed by atoms with van der Waals surface area (Å²) >= 11 is 5.95.